The van der Waals surface area contributed by atoms with Crippen LogP contribution in [0.1, 0.15) is 69.2 Å². The fourth-order valence-corrected chi connectivity index (χ4v) is 0.226. The standard InChI is InChI=1S/2C4H6O5.6C2H4O2.U/c2*1-3(5)7-9-8-4(2)6;6*1-2(3)4;/h2*1-2H3;6*1H3,(H,3,4);/q;;;;;;;;+3/p-3. The molecule has 3 N–H and O–H groups in total. The van der Waals surface area contributed by atoms with Crippen molar-refractivity contribution < 1.29 is 139 Å². The van der Waals surface area contributed by atoms with Gasteiger partial charge in [-0.3, -0.25) is 33.9 Å². The van der Waals surface area contributed by atoms with Crippen LogP contribution in [0.15, 0.2) is 0 Å². The molecule has 0 saturated heterocycles. The Labute approximate surface area is 267 Å². The van der Waals surface area contributed by atoms with Gasteiger partial charge in [0, 0.05) is 76.5 Å². The fraction of sp³-hybridized carbons (Fsp3) is 0.500. The van der Waals surface area contributed by atoms with Gasteiger partial charge in [0.1, 0.15) is 0 Å². The molecule has 0 heterocycles. The van der Waals surface area contributed by atoms with E-state index in [9.17, 15) is 19.2 Å². The Kier molecular flexibility index (Phi) is 73.2. The summed E-state index contributed by atoms with van der Waals surface area (Å²) in [5, 5.41) is 56.2. The molecular weight excluding hydrogens is 830 g/mol. The summed E-state index contributed by atoms with van der Waals surface area (Å²) in [6, 6.07) is 0. The van der Waals surface area contributed by atoms with Crippen LogP contribution in [-0.4, -0.2) is 75.0 Å². The van der Waals surface area contributed by atoms with Crippen molar-refractivity contribution in [1.82, 2.24) is 0 Å². The van der Waals surface area contributed by atoms with Gasteiger partial charge >= 0.3 is 55.0 Å². The molecule has 0 aliphatic heterocycles. The van der Waals surface area contributed by atoms with Gasteiger partial charge in [-0.2, -0.15) is 0 Å². The number of carbonyl (C=O) groups excluding carboxylic acids is 7. The molecule has 0 aliphatic rings. The number of carboxylic acids is 6. The maximum Gasteiger partial charge on any atom is 3.00 e. The maximum atomic E-state index is 9.89. The number of rotatable bonds is 4. The van der Waals surface area contributed by atoms with Crippen LogP contribution >= 0.6 is 0 Å². The number of carbonyl (C=O) groups is 10. The van der Waals surface area contributed by atoms with E-state index in [4.69, 9.17) is 59.4 Å². The number of aliphatic carboxylic acids is 6. The van der Waals surface area contributed by atoms with Crippen LogP contribution in [0.2, 0.25) is 0 Å². The third kappa shape index (κ3) is 814. The van der Waals surface area contributed by atoms with Gasteiger partial charge in [0.2, 0.25) is 0 Å². The Balaban J connectivity index is -0.0000000453. The minimum atomic E-state index is -1.08. The van der Waals surface area contributed by atoms with Gasteiger partial charge in [-0.15, -0.1) is 0 Å². The predicted octanol–water partition coefficient (Wildman–Crippen LogP) is -3.54. The van der Waals surface area contributed by atoms with Crippen molar-refractivity contribution in [3.63, 3.8) is 0 Å². The van der Waals surface area contributed by atoms with E-state index in [1.807, 2.05) is 0 Å². The van der Waals surface area contributed by atoms with E-state index in [2.05, 4.69) is 29.6 Å². The van der Waals surface area contributed by atoms with E-state index in [-0.39, 0.29) is 31.1 Å². The van der Waals surface area contributed by atoms with Crippen molar-refractivity contribution in [2.45, 2.75) is 69.2 Å². The summed E-state index contributed by atoms with van der Waals surface area (Å²) in [5.74, 6) is -8.49. The summed E-state index contributed by atoms with van der Waals surface area (Å²) in [4.78, 5) is 108. The first-order valence-corrected chi connectivity index (χ1v) is 9.81. The Morgan fingerprint density at radius 2 is 0.442 bits per heavy atom. The van der Waals surface area contributed by atoms with Gasteiger partial charge < -0.3 is 45.0 Å². The molecule has 0 bridgehead atoms. The molecule has 0 amide bonds. The van der Waals surface area contributed by atoms with Crippen LogP contribution in [0.3, 0.4) is 0 Å². The molecule has 0 fully saturated rings. The second-order valence-electron chi connectivity index (χ2n) is 5.47. The second-order valence-corrected chi connectivity index (χ2v) is 5.47. The summed E-state index contributed by atoms with van der Waals surface area (Å²) in [6.45, 7) is 10.6. The van der Waals surface area contributed by atoms with Crippen LogP contribution in [0, 0.1) is 31.1 Å². The molecule has 0 aromatic carbocycles. The Morgan fingerprint density at radius 1 is 0.372 bits per heavy atom. The molecule has 0 atom stereocenters. The third-order valence-corrected chi connectivity index (χ3v) is 0.605. The van der Waals surface area contributed by atoms with Gasteiger partial charge in [0.25, 0.3) is 17.9 Å². The van der Waals surface area contributed by atoms with Crippen molar-refractivity contribution in [3.8, 4) is 0 Å². The molecule has 0 aliphatic carbocycles. The van der Waals surface area contributed by atoms with Crippen molar-refractivity contribution in [1.29, 1.82) is 0 Å². The minimum Gasteiger partial charge on any atom is -0.550 e. The third-order valence-electron chi connectivity index (χ3n) is 0.605. The van der Waals surface area contributed by atoms with E-state index < -0.39 is 59.7 Å². The average molecular weight is 863 g/mol. The van der Waals surface area contributed by atoms with Crippen molar-refractivity contribution in [3.05, 3.63) is 0 Å². The topological polar surface area (TPSA) is 356 Å². The molecule has 0 aromatic rings. The smallest absolute Gasteiger partial charge is 0.550 e. The van der Waals surface area contributed by atoms with Crippen LogP contribution in [0.5, 0.6) is 0 Å². The minimum absolute atomic E-state index is 0. The zero-order valence-electron chi connectivity index (χ0n) is 24.6. The molecule has 1 radical (unpaired) electrons. The molecule has 0 unspecified atom stereocenters. The zero-order valence-corrected chi connectivity index (χ0v) is 28.8. The zero-order chi connectivity index (χ0) is 36.0. The molecule has 23 heteroatoms. The van der Waals surface area contributed by atoms with Crippen molar-refractivity contribution in [2.24, 2.45) is 0 Å². The fourth-order valence-electron chi connectivity index (χ4n) is 0.226. The van der Waals surface area contributed by atoms with Crippen molar-refractivity contribution in [2.75, 3.05) is 0 Å². The summed E-state index contributed by atoms with van der Waals surface area (Å²) >= 11 is 0. The van der Waals surface area contributed by atoms with Gasteiger partial charge in [-0.1, -0.05) is 0 Å². The largest absolute Gasteiger partial charge is 3.00 e. The van der Waals surface area contributed by atoms with E-state index >= 15 is 0 Å². The Morgan fingerprint density at radius 3 is 0.488 bits per heavy atom. The Hall–Kier alpha value is -4.33. The molecule has 249 valence electrons. The normalized spacial score (nSPS) is 6.93. The average Bonchev–Trinajstić information content (AvgIpc) is 2.64. The first-order chi connectivity index (χ1) is 18.6. The second kappa shape index (κ2) is 50.5. The number of carboxylic acid groups (broad SMARTS) is 6. The molecule has 43 heavy (non-hydrogen) atoms. The van der Waals surface area contributed by atoms with Gasteiger partial charge in [-0.05, 0) is 20.8 Å². The quantitative estimate of drug-likeness (QED) is 0.182. The first kappa shape index (κ1) is 62.3. The first-order valence-electron chi connectivity index (χ1n) is 9.81. The number of hydrogen-bond acceptors (Lipinski definition) is 19. The SMILES string of the molecule is CC(=O)O.CC(=O)O.CC(=O)O.CC(=O)OOOC(C)=O.CC(=O)OOOC(C)=O.CC(=O)[O-].CC(=O)[O-].CC(=O)[O-].[U+3]. The number of hydrogen-bond donors (Lipinski definition) is 3. The van der Waals surface area contributed by atoms with Crippen molar-refractivity contribution >= 4 is 59.7 Å². The van der Waals surface area contributed by atoms with E-state index in [1.165, 1.54) is 0 Å². The Bertz CT molecular complexity index is 632. The van der Waals surface area contributed by atoms with Crippen LogP contribution in [-0.2, 0) is 77.6 Å². The predicted molar refractivity (Wildman–Crippen MR) is 121 cm³/mol. The summed E-state index contributed by atoms with van der Waals surface area (Å²) in [5.41, 5.74) is 0. The summed E-state index contributed by atoms with van der Waals surface area (Å²) in [7, 11) is 0. The van der Waals surface area contributed by atoms with Gasteiger partial charge in [0.15, 0.2) is 0 Å². The van der Waals surface area contributed by atoms with Crippen LogP contribution in [0.4, 0.5) is 0 Å². The van der Waals surface area contributed by atoms with Gasteiger partial charge in [0.05, 0.1) is 0 Å². The maximum absolute atomic E-state index is 9.89. The van der Waals surface area contributed by atoms with Crippen LogP contribution < -0.4 is 15.3 Å². The molecule has 0 spiro atoms. The summed E-state index contributed by atoms with van der Waals surface area (Å²) < 4.78 is 0. The molecular formula is C20H33O22U. The molecule has 0 rings (SSSR count). The molecule has 0 saturated carbocycles. The van der Waals surface area contributed by atoms with Gasteiger partial charge in [-0.25, -0.2) is 19.2 Å². The van der Waals surface area contributed by atoms with E-state index in [0.29, 0.717) is 0 Å². The van der Waals surface area contributed by atoms with Crippen LogP contribution in [0.25, 0.3) is 0 Å². The summed E-state index contributed by atoms with van der Waals surface area (Å²) in [6.07, 6.45) is 0. The monoisotopic (exact) mass is 863 g/mol. The van der Waals surface area contributed by atoms with E-state index in [0.717, 1.165) is 69.2 Å². The molecule has 22 nitrogen and oxygen atoms in total. The molecule has 0 aromatic heterocycles. The van der Waals surface area contributed by atoms with E-state index in [1.54, 1.807) is 0 Å².